The van der Waals surface area contributed by atoms with Crippen molar-refractivity contribution in [3.05, 3.63) is 345 Å². The van der Waals surface area contributed by atoms with Gasteiger partial charge in [0.1, 0.15) is 11.6 Å². The molecule has 11 heteroatoms. The predicted molar refractivity (Wildman–Crippen MR) is 390 cm³/mol. The van der Waals surface area contributed by atoms with Gasteiger partial charge in [0.05, 0.1) is 17.1 Å². The Kier molecular flexibility index (Phi) is 13.5. The molecular formula is C84H54B2F3N5S. The lowest BCUT2D eigenvalue weighted by atomic mass is 9.31. The van der Waals surface area contributed by atoms with Crippen LogP contribution in [0.4, 0.5) is 98.5 Å². The number of rotatable bonds is 11. The van der Waals surface area contributed by atoms with Gasteiger partial charge in [-0.2, -0.15) is 0 Å². The molecule has 0 radical (unpaired) electrons. The molecule has 4 heterocycles. The molecule has 0 fully saturated rings. The lowest BCUT2D eigenvalue weighted by Gasteiger charge is -2.46. The maximum Gasteiger partial charge on any atom is 0.252 e. The third-order valence-corrected chi connectivity index (χ3v) is 20.2. The molecule has 4 aliphatic heterocycles. The van der Waals surface area contributed by atoms with E-state index in [0.717, 1.165) is 129 Å². The Morgan fingerprint density at radius 1 is 0.284 bits per heavy atom. The van der Waals surface area contributed by atoms with Gasteiger partial charge in [-0.25, -0.2) is 13.2 Å². The van der Waals surface area contributed by atoms with Crippen LogP contribution in [-0.2, 0) is 0 Å². The van der Waals surface area contributed by atoms with Gasteiger partial charge in [0.15, 0.2) is 5.82 Å². The largest absolute Gasteiger partial charge is 0.311 e. The van der Waals surface area contributed by atoms with Crippen LogP contribution in [0.25, 0.3) is 22.3 Å². The van der Waals surface area contributed by atoms with Crippen molar-refractivity contribution < 1.29 is 13.2 Å². The zero-order valence-electron chi connectivity index (χ0n) is 51.1. The maximum atomic E-state index is 20.3. The van der Waals surface area contributed by atoms with Crippen LogP contribution in [-0.4, -0.2) is 13.4 Å². The minimum atomic E-state index is -0.826. The fraction of sp³-hybridized carbons (Fsp3) is 0. The highest BCUT2D eigenvalue weighted by Crippen LogP contribution is 2.53. The van der Waals surface area contributed by atoms with Crippen LogP contribution in [0.2, 0.25) is 0 Å². The van der Waals surface area contributed by atoms with Crippen molar-refractivity contribution >= 4 is 143 Å². The zero-order chi connectivity index (χ0) is 63.3. The van der Waals surface area contributed by atoms with Crippen LogP contribution in [0.15, 0.2) is 337 Å². The second kappa shape index (κ2) is 22.9. The highest BCUT2D eigenvalue weighted by Gasteiger charge is 2.49. The van der Waals surface area contributed by atoms with E-state index in [0.29, 0.717) is 16.0 Å². The average Bonchev–Trinajstić information content (AvgIpc) is 0.686. The van der Waals surface area contributed by atoms with Gasteiger partial charge in [-0.3, -0.25) is 0 Å². The summed E-state index contributed by atoms with van der Waals surface area (Å²) in [5, 5.41) is 0. The van der Waals surface area contributed by atoms with Crippen molar-refractivity contribution in [2.75, 3.05) is 24.5 Å². The molecule has 0 spiro atoms. The molecular weight excluding hydrogens is 1190 g/mol. The number of fused-ring (bicyclic) bond motifs is 8. The van der Waals surface area contributed by atoms with Gasteiger partial charge in [0, 0.05) is 84.1 Å². The summed E-state index contributed by atoms with van der Waals surface area (Å²) in [6.45, 7) is -1.03. The standard InChI is InChI=1S/C84H54B2F3N5S/c87-59-44-47-75(72(88)49-59)94-77-51-66(90(60-29-11-3-12-30-60)61-31-13-4-14-32-61)50-76-80(77)85(68-38-19-21-40-73(68)92(76)62-33-15-5-16-34-62)70-54-71-84(82(89)83(70)94)95-79-53-67(52-78-81(79)86(71)69-39-20-22-41-74(69)93(78)63-35-17-6-18-36-63)91(64-45-42-57(43-46-64)55-24-7-1-8-25-55)65-37-23-28-58(48-65)56-26-9-2-10-27-56/h1-54H. The van der Waals surface area contributed by atoms with E-state index in [1.807, 2.05) is 72.8 Å². The maximum absolute atomic E-state index is 20.3. The van der Waals surface area contributed by atoms with Crippen LogP contribution in [0.5, 0.6) is 0 Å². The Labute approximate surface area is 554 Å². The van der Waals surface area contributed by atoms with Gasteiger partial charge >= 0.3 is 0 Å². The second-order valence-electron chi connectivity index (χ2n) is 24.4. The minimum absolute atomic E-state index is 0.0133. The fourth-order valence-electron chi connectivity index (χ4n) is 15.0. The third-order valence-electron chi connectivity index (χ3n) is 19.0. The number of para-hydroxylation sites is 6. The molecule has 0 saturated carbocycles. The Balaban J connectivity index is 0.914. The van der Waals surface area contributed by atoms with Gasteiger partial charge in [-0.15, -0.1) is 0 Å². The first-order chi connectivity index (χ1) is 46.9. The van der Waals surface area contributed by atoms with Crippen LogP contribution in [0, 0.1) is 17.5 Å². The number of halogens is 3. The molecule has 0 aliphatic carbocycles. The molecule has 0 saturated heterocycles. The molecule has 0 aromatic heterocycles. The van der Waals surface area contributed by atoms with E-state index in [-0.39, 0.29) is 11.4 Å². The first-order valence-electron chi connectivity index (χ1n) is 31.9. The van der Waals surface area contributed by atoms with Crippen LogP contribution in [0.3, 0.4) is 0 Å². The minimum Gasteiger partial charge on any atom is -0.311 e. The number of benzene rings is 14. The smallest absolute Gasteiger partial charge is 0.252 e. The van der Waals surface area contributed by atoms with E-state index in [4.69, 9.17) is 0 Å². The van der Waals surface area contributed by atoms with E-state index >= 15 is 13.2 Å². The molecule has 0 amide bonds. The van der Waals surface area contributed by atoms with Gasteiger partial charge in [-0.05, 0) is 171 Å². The Morgan fingerprint density at radius 2 is 0.726 bits per heavy atom. The topological polar surface area (TPSA) is 16.2 Å². The number of hydrogen-bond donors (Lipinski definition) is 0. The average molecular weight is 1240 g/mol. The Hall–Kier alpha value is -11.7. The molecule has 0 bridgehead atoms. The Morgan fingerprint density at radius 3 is 1.31 bits per heavy atom. The molecule has 18 rings (SSSR count). The fourth-order valence-corrected chi connectivity index (χ4v) is 16.2. The third kappa shape index (κ3) is 9.28. The van der Waals surface area contributed by atoms with Crippen molar-refractivity contribution in [1.82, 2.24) is 0 Å². The lowest BCUT2D eigenvalue weighted by molar-refractivity contribution is 0.582. The number of anilines is 15. The summed E-state index contributed by atoms with van der Waals surface area (Å²) in [5.41, 5.74) is 21.4. The summed E-state index contributed by atoms with van der Waals surface area (Å²) in [6.07, 6.45) is 0. The van der Waals surface area contributed by atoms with Gasteiger partial charge < -0.3 is 24.5 Å². The van der Waals surface area contributed by atoms with Gasteiger partial charge in [0.2, 0.25) is 6.71 Å². The van der Waals surface area contributed by atoms with Crippen LogP contribution < -0.4 is 57.3 Å². The van der Waals surface area contributed by atoms with E-state index in [1.54, 1.807) is 4.90 Å². The summed E-state index contributed by atoms with van der Waals surface area (Å²) < 4.78 is 53.6. The van der Waals surface area contributed by atoms with E-state index in [1.165, 1.54) is 23.9 Å². The molecule has 0 N–H and O–H groups in total. The monoisotopic (exact) mass is 1240 g/mol. The van der Waals surface area contributed by atoms with E-state index < -0.39 is 30.9 Å². The van der Waals surface area contributed by atoms with Crippen molar-refractivity contribution in [1.29, 1.82) is 0 Å². The molecule has 14 aromatic carbocycles. The quantitative estimate of drug-likeness (QED) is 0.119. The highest BCUT2D eigenvalue weighted by atomic mass is 32.2. The molecule has 5 nitrogen and oxygen atoms in total. The molecule has 4 aliphatic rings. The molecule has 95 heavy (non-hydrogen) atoms. The van der Waals surface area contributed by atoms with Crippen molar-refractivity contribution in [3.63, 3.8) is 0 Å². The lowest BCUT2D eigenvalue weighted by Crippen LogP contribution is -2.65. The van der Waals surface area contributed by atoms with Gasteiger partial charge in [-0.1, -0.05) is 217 Å². The van der Waals surface area contributed by atoms with Crippen molar-refractivity contribution in [2.24, 2.45) is 0 Å². The summed E-state index contributed by atoms with van der Waals surface area (Å²) in [5.74, 6) is -2.06. The number of nitrogens with zero attached hydrogens (tertiary/aromatic N) is 5. The Bertz CT molecular complexity index is 5270. The van der Waals surface area contributed by atoms with Crippen molar-refractivity contribution in [2.45, 2.75) is 9.79 Å². The first kappa shape index (κ1) is 56.1. The second-order valence-corrected chi connectivity index (χ2v) is 25.4. The van der Waals surface area contributed by atoms with E-state index in [2.05, 4.69) is 256 Å². The molecule has 0 atom stereocenters. The predicted octanol–water partition coefficient (Wildman–Crippen LogP) is 19.2. The van der Waals surface area contributed by atoms with Crippen molar-refractivity contribution in [3.8, 4) is 22.3 Å². The van der Waals surface area contributed by atoms with Crippen LogP contribution >= 0.6 is 11.8 Å². The molecule has 0 unspecified atom stereocenters. The molecule has 14 aromatic rings. The molecule has 448 valence electrons. The van der Waals surface area contributed by atoms with E-state index in [9.17, 15) is 0 Å². The normalized spacial score (nSPS) is 12.9. The van der Waals surface area contributed by atoms with Crippen LogP contribution in [0.1, 0.15) is 0 Å². The van der Waals surface area contributed by atoms with Gasteiger partial charge in [0.25, 0.3) is 6.71 Å². The first-order valence-corrected chi connectivity index (χ1v) is 32.8. The summed E-state index contributed by atoms with van der Waals surface area (Å²) >= 11 is 1.41. The summed E-state index contributed by atoms with van der Waals surface area (Å²) in [4.78, 5) is 12.2. The summed E-state index contributed by atoms with van der Waals surface area (Å²) in [7, 11) is 0. The highest BCUT2D eigenvalue weighted by molar-refractivity contribution is 8.00. The number of hydrogen-bond acceptors (Lipinski definition) is 6. The summed E-state index contributed by atoms with van der Waals surface area (Å²) in [6, 6.07) is 111. The zero-order valence-corrected chi connectivity index (χ0v) is 51.9. The SMILES string of the molecule is Fc1ccc(N2c3cc(N(c4ccccc4)c4ccccc4)cc4c3B(c3ccccc3N4c3ccccc3)c3cc4c(c(F)c32)Sc2cc(N(c3ccc(-c5ccccc5)cc3)c3cccc(-c5ccccc5)c3)cc3c2B4c2ccccc2N3c2ccccc2)c(F)c1.